The highest BCUT2D eigenvalue weighted by Crippen LogP contribution is 2.23. The van der Waals surface area contributed by atoms with Gasteiger partial charge in [0.15, 0.2) is 0 Å². The summed E-state index contributed by atoms with van der Waals surface area (Å²) in [5.41, 5.74) is 1.87. The SMILES string of the molecule is CN(C)CC(C(=O)Nc1ccc2cnccc2c1)c1ccsc1. The van der Waals surface area contributed by atoms with Crippen LogP contribution in [0.25, 0.3) is 10.8 Å². The summed E-state index contributed by atoms with van der Waals surface area (Å²) >= 11 is 1.62. The first-order valence-electron chi connectivity index (χ1n) is 7.45. The van der Waals surface area contributed by atoms with E-state index in [4.69, 9.17) is 0 Å². The number of anilines is 1. The van der Waals surface area contributed by atoms with Crippen molar-refractivity contribution in [2.24, 2.45) is 0 Å². The van der Waals surface area contributed by atoms with Crippen LogP contribution in [0, 0.1) is 0 Å². The highest BCUT2D eigenvalue weighted by atomic mass is 32.1. The Bertz CT molecular complexity index is 799. The molecule has 0 saturated carbocycles. The molecule has 5 heteroatoms. The highest BCUT2D eigenvalue weighted by Gasteiger charge is 2.22. The van der Waals surface area contributed by atoms with Crippen molar-refractivity contribution in [1.82, 2.24) is 9.88 Å². The Morgan fingerprint density at radius 1 is 1.26 bits per heavy atom. The van der Waals surface area contributed by atoms with Gasteiger partial charge in [0.1, 0.15) is 0 Å². The van der Waals surface area contributed by atoms with Gasteiger partial charge in [0, 0.05) is 30.0 Å². The second-order valence-electron chi connectivity index (χ2n) is 5.80. The van der Waals surface area contributed by atoms with Crippen molar-refractivity contribution in [1.29, 1.82) is 0 Å². The number of rotatable bonds is 5. The predicted molar refractivity (Wildman–Crippen MR) is 96.0 cm³/mol. The van der Waals surface area contributed by atoms with Crippen molar-refractivity contribution in [3.05, 3.63) is 59.0 Å². The van der Waals surface area contributed by atoms with Crippen molar-refractivity contribution in [3.63, 3.8) is 0 Å². The second-order valence-corrected chi connectivity index (χ2v) is 6.58. The average Bonchev–Trinajstić information content (AvgIpc) is 3.06. The first-order valence-corrected chi connectivity index (χ1v) is 8.39. The first-order chi connectivity index (χ1) is 11.1. The van der Waals surface area contributed by atoms with E-state index in [-0.39, 0.29) is 11.8 Å². The number of nitrogens with one attached hydrogen (secondary N) is 1. The maximum absolute atomic E-state index is 12.7. The summed E-state index contributed by atoms with van der Waals surface area (Å²) in [5, 5.41) is 9.23. The van der Waals surface area contributed by atoms with Crippen molar-refractivity contribution in [2.45, 2.75) is 5.92 Å². The van der Waals surface area contributed by atoms with Crippen LogP contribution in [-0.4, -0.2) is 36.4 Å². The fourth-order valence-corrected chi connectivity index (χ4v) is 3.28. The summed E-state index contributed by atoms with van der Waals surface area (Å²) < 4.78 is 0. The smallest absolute Gasteiger partial charge is 0.233 e. The lowest BCUT2D eigenvalue weighted by molar-refractivity contribution is -0.117. The predicted octanol–water partition coefficient (Wildman–Crippen LogP) is 3.58. The van der Waals surface area contributed by atoms with Crippen LogP contribution < -0.4 is 5.32 Å². The zero-order valence-electron chi connectivity index (χ0n) is 13.2. The number of amides is 1. The van der Waals surface area contributed by atoms with Gasteiger partial charge in [-0.05, 0) is 60.1 Å². The number of thiophene rings is 1. The quantitative estimate of drug-likeness (QED) is 0.780. The number of carbonyl (C=O) groups excluding carboxylic acids is 1. The zero-order valence-corrected chi connectivity index (χ0v) is 14.0. The third-order valence-corrected chi connectivity index (χ3v) is 4.42. The number of fused-ring (bicyclic) bond motifs is 1. The van der Waals surface area contributed by atoms with Crippen LogP contribution in [0.3, 0.4) is 0 Å². The molecule has 1 amide bonds. The summed E-state index contributed by atoms with van der Waals surface area (Å²) in [6, 6.07) is 9.84. The number of nitrogens with zero attached hydrogens (tertiary/aromatic N) is 2. The summed E-state index contributed by atoms with van der Waals surface area (Å²) in [6.45, 7) is 0.681. The molecule has 0 aliphatic carbocycles. The van der Waals surface area contributed by atoms with Gasteiger partial charge in [-0.15, -0.1) is 0 Å². The third kappa shape index (κ3) is 3.75. The van der Waals surface area contributed by atoms with Crippen molar-refractivity contribution in [2.75, 3.05) is 26.0 Å². The molecule has 0 radical (unpaired) electrons. The number of aromatic nitrogens is 1. The molecule has 23 heavy (non-hydrogen) atoms. The molecule has 0 aliphatic heterocycles. The summed E-state index contributed by atoms with van der Waals surface area (Å²) in [6.07, 6.45) is 3.58. The van der Waals surface area contributed by atoms with Gasteiger partial charge in [0.25, 0.3) is 0 Å². The van der Waals surface area contributed by atoms with Crippen molar-refractivity contribution in [3.8, 4) is 0 Å². The van der Waals surface area contributed by atoms with Gasteiger partial charge in [-0.3, -0.25) is 9.78 Å². The first kappa shape index (κ1) is 15.6. The summed E-state index contributed by atoms with van der Waals surface area (Å²) in [5.74, 6) is -0.158. The molecule has 1 atom stereocenters. The molecule has 3 aromatic rings. The molecule has 118 valence electrons. The molecule has 4 nitrogen and oxygen atoms in total. The van der Waals surface area contributed by atoms with Crippen molar-refractivity contribution < 1.29 is 4.79 Å². The van der Waals surface area contributed by atoms with E-state index in [1.165, 1.54) is 0 Å². The molecular formula is C18H19N3OS. The number of hydrogen-bond donors (Lipinski definition) is 1. The van der Waals surface area contributed by atoms with Gasteiger partial charge in [-0.2, -0.15) is 11.3 Å². The van der Waals surface area contributed by atoms with E-state index < -0.39 is 0 Å². The van der Waals surface area contributed by atoms with Gasteiger partial charge in [0.05, 0.1) is 5.92 Å². The lowest BCUT2D eigenvalue weighted by Crippen LogP contribution is -2.30. The van der Waals surface area contributed by atoms with Crippen LogP contribution in [0.4, 0.5) is 5.69 Å². The summed E-state index contributed by atoms with van der Waals surface area (Å²) in [4.78, 5) is 18.9. The van der Waals surface area contributed by atoms with E-state index >= 15 is 0 Å². The van der Waals surface area contributed by atoms with E-state index in [2.05, 4.69) is 10.3 Å². The molecule has 0 fully saturated rings. The molecule has 0 aliphatic rings. The number of pyridine rings is 1. The minimum Gasteiger partial charge on any atom is -0.325 e. The van der Waals surface area contributed by atoms with E-state index in [1.807, 2.05) is 66.3 Å². The molecule has 0 spiro atoms. The molecule has 0 bridgehead atoms. The second kappa shape index (κ2) is 6.89. The van der Waals surface area contributed by atoms with Crippen LogP contribution in [0.5, 0.6) is 0 Å². The van der Waals surface area contributed by atoms with Crippen LogP contribution >= 0.6 is 11.3 Å². The van der Waals surface area contributed by atoms with Gasteiger partial charge in [-0.1, -0.05) is 6.07 Å². The Balaban J connectivity index is 1.82. The van der Waals surface area contributed by atoms with Gasteiger partial charge in [-0.25, -0.2) is 0 Å². The number of carbonyl (C=O) groups is 1. The third-order valence-electron chi connectivity index (χ3n) is 3.72. The monoisotopic (exact) mass is 325 g/mol. The average molecular weight is 325 g/mol. The maximum Gasteiger partial charge on any atom is 0.233 e. The largest absolute Gasteiger partial charge is 0.325 e. The van der Waals surface area contributed by atoms with Crippen LogP contribution in [0.2, 0.25) is 0 Å². The zero-order chi connectivity index (χ0) is 16.2. The molecular weight excluding hydrogens is 306 g/mol. The lowest BCUT2D eigenvalue weighted by Gasteiger charge is -2.20. The minimum absolute atomic E-state index is 0.0190. The number of likely N-dealkylation sites (N-methyl/N-ethyl adjacent to an activating group) is 1. The van der Waals surface area contributed by atoms with E-state index in [0.717, 1.165) is 22.0 Å². The van der Waals surface area contributed by atoms with E-state index in [0.29, 0.717) is 6.54 Å². The van der Waals surface area contributed by atoms with Gasteiger partial charge < -0.3 is 10.2 Å². The fourth-order valence-electron chi connectivity index (χ4n) is 2.57. The van der Waals surface area contributed by atoms with Crippen molar-refractivity contribution >= 4 is 33.7 Å². The van der Waals surface area contributed by atoms with E-state index in [9.17, 15) is 4.79 Å². The van der Waals surface area contributed by atoms with E-state index in [1.54, 1.807) is 17.5 Å². The standard InChI is InChI=1S/C18H19N3OS/c1-21(2)11-17(15-6-8-23-12-15)18(22)20-16-4-3-14-10-19-7-5-13(14)9-16/h3-10,12,17H,11H2,1-2H3,(H,20,22). The molecule has 2 aromatic heterocycles. The minimum atomic E-state index is -0.176. The van der Waals surface area contributed by atoms with Gasteiger partial charge in [0.2, 0.25) is 5.91 Å². The Morgan fingerprint density at radius 3 is 2.87 bits per heavy atom. The lowest BCUT2D eigenvalue weighted by atomic mass is 10.0. The molecule has 1 aromatic carbocycles. The van der Waals surface area contributed by atoms with Gasteiger partial charge >= 0.3 is 0 Å². The fraction of sp³-hybridized carbons (Fsp3) is 0.222. The Morgan fingerprint density at radius 2 is 2.13 bits per heavy atom. The maximum atomic E-state index is 12.7. The van der Waals surface area contributed by atoms with Crippen LogP contribution in [-0.2, 0) is 4.79 Å². The summed E-state index contributed by atoms with van der Waals surface area (Å²) in [7, 11) is 3.96. The highest BCUT2D eigenvalue weighted by molar-refractivity contribution is 7.08. The molecule has 2 heterocycles. The Labute approximate surface area is 139 Å². The van der Waals surface area contributed by atoms with Crippen LogP contribution in [0.15, 0.2) is 53.5 Å². The number of benzene rings is 1. The normalized spacial score (nSPS) is 12.5. The topological polar surface area (TPSA) is 45.2 Å². The molecule has 3 rings (SSSR count). The molecule has 1 unspecified atom stereocenters. The molecule has 0 saturated heterocycles. The van der Waals surface area contributed by atoms with Crippen LogP contribution in [0.1, 0.15) is 11.5 Å². The molecule has 1 N–H and O–H groups in total. The number of hydrogen-bond acceptors (Lipinski definition) is 4. The Hall–Kier alpha value is -2.24. The Kier molecular flexibility index (Phi) is 4.69.